The van der Waals surface area contributed by atoms with Crippen LogP contribution in [0, 0.1) is 6.92 Å². The quantitative estimate of drug-likeness (QED) is 0.494. The van der Waals surface area contributed by atoms with Crippen LogP contribution in [0.1, 0.15) is 16.4 Å². The molecule has 0 aliphatic heterocycles. The van der Waals surface area contributed by atoms with E-state index in [-0.39, 0.29) is 5.97 Å². The highest BCUT2D eigenvalue weighted by Gasteiger charge is 2.25. The fraction of sp³-hybridized carbons (Fsp3) is 0.167. The predicted octanol–water partition coefficient (Wildman–Crippen LogP) is 4.24. The van der Waals surface area contributed by atoms with Crippen LogP contribution >= 0.6 is 23.4 Å². The lowest BCUT2D eigenvalue weighted by Gasteiger charge is -2.15. The lowest BCUT2D eigenvalue weighted by molar-refractivity contribution is -0.140. The number of nitrogens with zero attached hydrogens (tertiary/aromatic N) is 3. The molecular weight excluding hydrogens is 358 g/mol. The molecule has 7 heteroatoms. The fourth-order valence-corrected chi connectivity index (χ4v) is 3.54. The number of ether oxygens (including phenoxy) is 1. The van der Waals surface area contributed by atoms with Crippen LogP contribution in [0.25, 0.3) is 5.69 Å². The van der Waals surface area contributed by atoms with Gasteiger partial charge in [0.25, 0.3) is 0 Å². The number of aryl methyl sites for hydroxylation is 1. The monoisotopic (exact) mass is 373 g/mol. The van der Waals surface area contributed by atoms with E-state index in [1.807, 2.05) is 55.5 Å². The van der Waals surface area contributed by atoms with E-state index in [0.717, 1.165) is 16.8 Å². The summed E-state index contributed by atoms with van der Waals surface area (Å²) >= 11 is 7.51. The van der Waals surface area contributed by atoms with Gasteiger partial charge in [-0.05, 0) is 30.2 Å². The normalized spacial score (nSPS) is 12.0. The molecule has 0 saturated heterocycles. The molecule has 0 amide bonds. The first kappa shape index (κ1) is 17.5. The van der Waals surface area contributed by atoms with Gasteiger partial charge in [-0.15, -0.1) is 10.2 Å². The number of benzene rings is 2. The molecule has 1 atom stereocenters. The molecule has 0 radical (unpaired) electrons. The minimum Gasteiger partial charge on any atom is -0.468 e. The van der Waals surface area contributed by atoms with Gasteiger partial charge in [0.15, 0.2) is 5.16 Å². The lowest BCUT2D eigenvalue weighted by Crippen LogP contribution is -2.12. The summed E-state index contributed by atoms with van der Waals surface area (Å²) in [6.07, 6.45) is 1.60. The number of hydrogen-bond acceptors (Lipinski definition) is 5. The number of aromatic nitrogens is 3. The standard InChI is InChI=1S/C18H16ClN3O2S/c1-12-8-9-14(10-15(12)19)22-11-20-21-18(22)25-16(17(23)24-2)13-6-4-3-5-7-13/h3-11,16H,1-2H3/t16-/m0/s1. The van der Waals surface area contributed by atoms with E-state index in [2.05, 4.69) is 10.2 Å². The van der Waals surface area contributed by atoms with Gasteiger partial charge in [0, 0.05) is 5.02 Å². The maximum atomic E-state index is 12.3. The highest BCUT2D eigenvalue weighted by Crippen LogP contribution is 2.36. The molecule has 5 nitrogen and oxygen atoms in total. The minimum absolute atomic E-state index is 0.340. The summed E-state index contributed by atoms with van der Waals surface area (Å²) in [5.41, 5.74) is 2.67. The van der Waals surface area contributed by atoms with Crippen molar-refractivity contribution in [3.63, 3.8) is 0 Å². The zero-order chi connectivity index (χ0) is 17.8. The summed E-state index contributed by atoms with van der Waals surface area (Å²) in [6, 6.07) is 15.2. The van der Waals surface area contributed by atoms with Gasteiger partial charge >= 0.3 is 5.97 Å². The van der Waals surface area contributed by atoms with Gasteiger partial charge in [0.2, 0.25) is 0 Å². The third kappa shape index (κ3) is 3.86. The molecule has 2 aromatic carbocycles. The number of thioether (sulfide) groups is 1. The molecule has 128 valence electrons. The second kappa shape index (κ2) is 7.72. The first-order valence-electron chi connectivity index (χ1n) is 7.56. The summed E-state index contributed by atoms with van der Waals surface area (Å²) in [5.74, 6) is -0.340. The molecule has 0 saturated carbocycles. The number of rotatable bonds is 5. The summed E-state index contributed by atoms with van der Waals surface area (Å²) in [6.45, 7) is 1.94. The van der Waals surface area contributed by atoms with Gasteiger partial charge in [0.05, 0.1) is 12.8 Å². The van der Waals surface area contributed by atoms with Crippen molar-refractivity contribution in [1.82, 2.24) is 14.8 Å². The van der Waals surface area contributed by atoms with Crippen LogP contribution in [0.3, 0.4) is 0 Å². The van der Waals surface area contributed by atoms with Crippen molar-refractivity contribution in [1.29, 1.82) is 0 Å². The Morgan fingerprint density at radius 1 is 1.24 bits per heavy atom. The van der Waals surface area contributed by atoms with E-state index >= 15 is 0 Å². The van der Waals surface area contributed by atoms with Crippen LogP contribution in [0.2, 0.25) is 5.02 Å². The number of hydrogen-bond donors (Lipinski definition) is 0. The van der Waals surface area contributed by atoms with Gasteiger partial charge in [-0.1, -0.05) is 59.8 Å². The van der Waals surface area contributed by atoms with E-state index in [1.165, 1.54) is 18.9 Å². The molecule has 0 N–H and O–H groups in total. The van der Waals surface area contributed by atoms with Crippen LogP contribution in [0.15, 0.2) is 60.0 Å². The SMILES string of the molecule is COC(=O)[C@@H](Sc1nncn1-c1ccc(C)c(Cl)c1)c1ccccc1. The largest absolute Gasteiger partial charge is 0.468 e. The average Bonchev–Trinajstić information content (AvgIpc) is 3.10. The number of carbonyl (C=O) groups is 1. The molecule has 0 aliphatic rings. The van der Waals surface area contributed by atoms with E-state index in [9.17, 15) is 4.79 Å². The van der Waals surface area contributed by atoms with Gasteiger partial charge in [-0.3, -0.25) is 9.36 Å². The second-order valence-electron chi connectivity index (χ2n) is 5.35. The first-order chi connectivity index (χ1) is 12.1. The topological polar surface area (TPSA) is 57.0 Å². The van der Waals surface area contributed by atoms with Crippen LogP contribution in [0.4, 0.5) is 0 Å². The van der Waals surface area contributed by atoms with Crippen molar-refractivity contribution < 1.29 is 9.53 Å². The molecule has 1 aromatic heterocycles. The van der Waals surface area contributed by atoms with Crippen LogP contribution < -0.4 is 0 Å². The molecule has 3 aromatic rings. The molecule has 0 bridgehead atoms. The maximum Gasteiger partial charge on any atom is 0.323 e. The minimum atomic E-state index is -0.532. The zero-order valence-corrected chi connectivity index (χ0v) is 15.3. The highest BCUT2D eigenvalue weighted by atomic mass is 35.5. The van der Waals surface area contributed by atoms with E-state index < -0.39 is 5.25 Å². The number of halogens is 1. The third-order valence-electron chi connectivity index (χ3n) is 3.69. The second-order valence-corrected chi connectivity index (χ2v) is 6.83. The van der Waals surface area contributed by atoms with Crippen molar-refractivity contribution in [3.8, 4) is 5.69 Å². The van der Waals surface area contributed by atoms with E-state index in [0.29, 0.717) is 10.2 Å². The van der Waals surface area contributed by atoms with Crippen molar-refractivity contribution in [2.24, 2.45) is 0 Å². The molecule has 0 spiro atoms. The Morgan fingerprint density at radius 2 is 2.00 bits per heavy atom. The van der Waals surface area contributed by atoms with Crippen molar-refractivity contribution in [2.75, 3.05) is 7.11 Å². The molecular formula is C18H16ClN3O2S. The Hall–Kier alpha value is -2.31. The zero-order valence-electron chi connectivity index (χ0n) is 13.7. The van der Waals surface area contributed by atoms with E-state index in [4.69, 9.17) is 16.3 Å². The molecule has 3 rings (SSSR count). The van der Waals surface area contributed by atoms with Gasteiger partial charge < -0.3 is 4.74 Å². The molecule has 25 heavy (non-hydrogen) atoms. The summed E-state index contributed by atoms with van der Waals surface area (Å²) < 4.78 is 6.76. The fourth-order valence-electron chi connectivity index (χ4n) is 2.31. The van der Waals surface area contributed by atoms with Crippen LogP contribution in [-0.4, -0.2) is 27.8 Å². The van der Waals surface area contributed by atoms with E-state index in [1.54, 1.807) is 10.9 Å². The number of methoxy groups -OCH3 is 1. The van der Waals surface area contributed by atoms with Gasteiger partial charge in [0.1, 0.15) is 11.6 Å². The number of esters is 1. The Kier molecular flexibility index (Phi) is 5.40. The summed E-state index contributed by atoms with van der Waals surface area (Å²) in [4.78, 5) is 12.3. The first-order valence-corrected chi connectivity index (χ1v) is 8.82. The molecule has 1 heterocycles. The van der Waals surface area contributed by atoms with Crippen LogP contribution in [0.5, 0.6) is 0 Å². The third-order valence-corrected chi connectivity index (χ3v) is 5.29. The average molecular weight is 374 g/mol. The Labute approximate surface area is 155 Å². The maximum absolute atomic E-state index is 12.3. The molecule has 0 aliphatic carbocycles. The van der Waals surface area contributed by atoms with Crippen molar-refractivity contribution >= 4 is 29.3 Å². The molecule has 0 fully saturated rings. The Morgan fingerprint density at radius 3 is 2.68 bits per heavy atom. The van der Waals surface area contributed by atoms with Crippen molar-refractivity contribution in [2.45, 2.75) is 17.3 Å². The van der Waals surface area contributed by atoms with Crippen LogP contribution in [-0.2, 0) is 9.53 Å². The molecule has 0 unspecified atom stereocenters. The lowest BCUT2D eigenvalue weighted by atomic mass is 10.1. The highest BCUT2D eigenvalue weighted by molar-refractivity contribution is 8.00. The Bertz CT molecular complexity index is 883. The van der Waals surface area contributed by atoms with Gasteiger partial charge in [-0.2, -0.15) is 0 Å². The Balaban J connectivity index is 1.95. The van der Waals surface area contributed by atoms with Gasteiger partial charge in [-0.25, -0.2) is 0 Å². The smallest absolute Gasteiger partial charge is 0.323 e. The predicted molar refractivity (Wildman–Crippen MR) is 98.2 cm³/mol. The summed E-state index contributed by atoms with van der Waals surface area (Å²) in [5, 5.41) is 8.84. The van der Waals surface area contributed by atoms with Crippen molar-refractivity contribution in [3.05, 3.63) is 71.0 Å². The summed E-state index contributed by atoms with van der Waals surface area (Å²) in [7, 11) is 1.38. The number of carbonyl (C=O) groups excluding carboxylic acids is 1.